The lowest BCUT2D eigenvalue weighted by Crippen LogP contribution is -2.34. The van der Waals surface area contributed by atoms with E-state index < -0.39 is 0 Å². The van der Waals surface area contributed by atoms with E-state index in [2.05, 4.69) is 5.10 Å². The van der Waals surface area contributed by atoms with Gasteiger partial charge in [0.25, 0.3) is 0 Å². The molecule has 0 spiro atoms. The minimum absolute atomic E-state index is 0.0400. The molecule has 1 unspecified atom stereocenters. The number of benzene rings is 1. The van der Waals surface area contributed by atoms with Crippen LogP contribution in [-0.2, 0) is 23.2 Å². The Morgan fingerprint density at radius 1 is 1.42 bits per heavy atom. The Morgan fingerprint density at radius 2 is 2.17 bits per heavy atom. The summed E-state index contributed by atoms with van der Waals surface area (Å²) in [4.78, 5) is 28.2. The van der Waals surface area contributed by atoms with Crippen LogP contribution in [0.2, 0.25) is 5.02 Å². The fourth-order valence-corrected chi connectivity index (χ4v) is 3.23. The summed E-state index contributed by atoms with van der Waals surface area (Å²) in [5.74, 6) is -0.464. The maximum Gasteiger partial charge on any atom is 0.228 e. The Kier molecular flexibility index (Phi) is 4.57. The molecular weight excluding hydrogens is 328 g/mol. The Bertz CT molecular complexity index is 773. The fourth-order valence-electron chi connectivity index (χ4n) is 2.99. The summed E-state index contributed by atoms with van der Waals surface area (Å²) in [5, 5.41) is 4.62. The first-order valence-electron chi connectivity index (χ1n) is 7.73. The summed E-state index contributed by atoms with van der Waals surface area (Å²) in [7, 11) is 3.58. The van der Waals surface area contributed by atoms with Crippen molar-refractivity contribution >= 4 is 29.1 Å². The number of amides is 2. The average Bonchev–Trinajstić information content (AvgIpc) is 3.13. The second-order valence-corrected chi connectivity index (χ2v) is 6.48. The first-order chi connectivity index (χ1) is 11.5. The molecule has 126 valence electrons. The van der Waals surface area contributed by atoms with E-state index in [4.69, 9.17) is 11.6 Å². The van der Waals surface area contributed by atoms with Gasteiger partial charge in [-0.2, -0.15) is 5.10 Å². The monoisotopic (exact) mass is 346 g/mol. The molecule has 0 N–H and O–H groups in total. The molecule has 2 aromatic rings. The molecule has 1 aromatic carbocycles. The van der Waals surface area contributed by atoms with Crippen molar-refractivity contribution in [1.29, 1.82) is 0 Å². The maximum absolute atomic E-state index is 12.7. The van der Waals surface area contributed by atoms with E-state index in [1.165, 1.54) is 0 Å². The molecule has 1 saturated heterocycles. The van der Waals surface area contributed by atoms with Crippen molar-refractivity contribution in [3.63, 3.8) is 0 Å². The second-order valence-electron chi connectivity index (χ2n) is 6.07. The Balaban J connectivity index is 1.68. The zero-order valence-electron chi connectivity index (χ0n) is 13.6. The molecule has 3 rings (SSSR count). The predicted octanol–water partition coefficient (Wildman–Crippen LogP) is 2.08. The molecule has 0 saturated carbocycles. The van der Waals surface area contributed by atoms with Gasteiger partial charge in [0.15, 0.2) is 0 Å². The number of rotatable bonds is 4. The van der Waals surface area contributed by atoms with E-state index in [0.717, 1.165) is 5.56 Å². The summed E-state index contributed by atoms with van der Waals surface area (Å²) in [5.41, 5.74) is 1.62. The van der Waals surface area contributed by atoms with Gasteiger partial charge in [0.05, 0.1) is 22.8 Å². The van der Waals surface area contributed by atoms with Gasteiger partial charge >= 0.3 is 0 Å². The van der Waals surface area contributed by atoms with Crippen LogP contribution in [0.25, 0.3) is 0 Å². The molecule has 24 heavy (non-hydrogen) atoms. The molecule has 1 aliphatic heterocycles. The summed E-state index contributed by atoms with van der Waals surface area (Å²) in [6.07, 6.45) is 3.82. The van der Waals surface area contributed by atoms with Crippen LogP contribution in [0.5, 0.6) is 0 Å². The topological polar surface area (TPSA) is 58.4 Å². The number of para-hydroxylation sites is 1. The van der Waals surface area contributed by atoms with E-state index in [0.29, 0.717) is 23.8 Å². The lowest BCUT2D eigenvalue weighted by Gasteiger charge is -2.21. The molecule has 6 nitrogen and oxygen atoms in total. The Morgan fingerprint density at radius 3 is 2.83 bits per heavy atom. The largest absolute Gasteiger partial charge is 0.341 e. The number of carbonyl (C=O) groups is 2. The number of aryl methyl sites for hydroxylation is 1. The van der Waals surface area contributed by atoms with Gasteiger partial charge in [-0.3, -0.25) is 14.3 Å². The van der Waals surface area contributed by atoms with Crippen LogP contribution in [0.1, 0.15) is 12.0 Å². The molecule has 1 atom stereocenters. The van der Waals surface area contributed by atoms with Gasteiger partial charge in [0, 0.05) is 45.4 Å². The fraction of sp³-hybridized carbons (Fsp3) is 0.353. The molecule has 1 aromatic heterocycles. The van der Waals surface area contributed by atoms with Crippen molar-refractivity contribution in [2.75, 3.05) is 18.5 Å². The Labute approximate surface area is 145 Å². The summed E-state index contributed by atoms with van der Waals surface area (Å²) < 4.78 is 1.70. The van der Waals surface area contributed by atoms with E-state index in [1.807, 2.05) is 25.4 Å². The molecule has 1 fully saturated rings. The number of halogens is 1. The summed E-state index contributed by atoms with van der Waals surface area (Å²) >= 11 is 6.17. The molecule has 7 heteroatoms. The van der Waals surface area contributed by atoms with Crippen molar-refractivity contribution in [2.45, 2.75) is 13.0 Å². The normalized spacial score (nSPS) is 17.4. The number of carbonyl (C=O) groups excluding carboxylic acids is 2. The molecule has 0 bridgehead atoms. The van der Waals surface area contributed by atoms with Crippen LogP contribution in [0.15, 0.2) is 36.7 Å². The zero-order chi connectivity index (χ0) is 17.3. The number of hydrogen-bond donors (Lipinski definition) is 0. The quantitative estimate of drug-likeness (QED) is 0.851. The van der Waals surface area contributed by atoms with Crippen LogP contribution in [0, 0.1) is 5.92 Å². The molecular formula is C17H19ClN4O2. The predicted molar refractivity (Wildman–Crippen MR) is 91.6 cm³/mol. The van der Waals surface area contributed by atoms with Crippen molar-refractivity contribution in [2.24, 2.45) is 13.0 Å². The minimum Gasteiger partial charge on any atom is -0.341 e. The lowest BCUT2D eigenvalue weighted by atomic mass is 10.1. The van der Waals surface area contributed by atoms with Gasteiger partial charge < -0.3 is 9.80 Å². The van der Waals surface area contributed by atoms with Crippen molar-refractivity contribution in [3.8, 4) is 0 Å². The highest BCUT2D eigenvalue weighted by Crippen LogP contribution is 2.31. The first-order valence-corrected chi connectivity index (χ1v) is 8.11. The van der Waals surface area contributed by atoms with Crippen molar-refractivity contribution in [3.05, 3.63) is 47.2 Å². The third kappa shape index (κ3) is 3.28. The van der Waals surface area contributed by atoms with Gasteiger partial charge in [0.2, 0.25) is 11.8 Å². The highest BCUT2D eigenvalue weighted by Gasteiger charge is 2.37. The van der Waals surface area contributed by atoms with Crippen LogP contribution in [0.4, 0.5) is 5.69 Å². The molecule has 1 aliphatic rings. The van der Waals surface area contributed by atoms with Crippen molar-refractivity contribution in [1.82, 2.24) is 14.7 Å². The van der Waals surface area contributed by atoms with Crippen molar-refractivity contribution < 1.29 is 9.59 Å². The minimum atomic E-state index is -0.351. The van der Waals surface area contributed by atoms with Gasteiger partial charge in [-0.05, 0) is 12.1 Å². The van der Waals surface area contributed by atoms with E-state index in [-0.39, 0.29) is 24.2 Å². The van der Waals surface area contributed by atoms with E-state index in [9.17, 15) is 9.59 Å². The van der Waals surface area contributed by atoms with Gasteiger partial charge in [-0.15, -0.1) is 0 Å². The number of aromatic nitrogens is 2. The molecule has 0 aliphatic carbocycles. The molecule has 0 radical (unpaired) electrons. The highest BCUT2D eigenvalue weighted by atomic mass is 35.5. The van der Waals surface area contributed by atoms with Crippen LogP contribution < -0.4 is 4.90 Å². The SMILES string of the molecule is CN(Cc1cnn(C)c1)C(=O)C1CC(=O)N(c2ccccc2Cl)C1. The summed E-state index contributed by atoms with van der Waals surface area (Å²) in [6, 6.07) is 7.19. The smallest absolute Gasteiger partial charge is 0.228 e. The zero-order valence-corrected chi connectivity index (χ0v) is 14.4. The third-order valence-electron chi connectivity index (χ3n) is 4.17. The van der Waals surface area contributed by atoms with Crippen LogP contribution in [0.3, 0.4) is 0 Å². The first kappa shape index (κ1) is 16.5. The van der Waals surface area contributed by atoms with E-state index >= 15 is 0 Å². The number of anilines is 1. The highest BCUT2D eigenvalue weighted by molar-refractivity contribution is 6.33. The van der Waals surface area contributed by atoms with Crippen LogP contribution >= 0.6 is 11.6 Å². The van der Waals surface area contributed by atoms with Gasteiger partial charge in [-0.25, -0.2) is 0 Å². The van der Waals surface area contributed by atoms with E-state index in [1.54, 1.807) is 39.9 Å². The number of nitrogens with zero attached hydrogens (tertiary/aromatic N) is 4. The average molecular weight is 347 g/mol. The standard InChI is InChI=1S/C17H19ClN4O2/c1-20(9-12-8-19-21(2)10-12)17(24)13-7-16(23)22(11-13)15-6-4-3-5-14(15)18/h3-6,8,10,13H,7,9,11H2,1-2H3. The summed E-state index contributed by atoms with van der Waals surface area (Å²) in [6.45, 7) is 0.836. The molecule has 2 amide bonds. The Hall–Kier alpha value is -2.34. The number of hydrogen-bond acceptors (Lipinski definition) is 3. The third-order valence-corrected chi connectivity index (χ3v) is 4.49. The van der Waals surface area contributed by atoms with Gasteiger partial charge in [0.1, 0.15) is 0 Å². The molecule has 2 heterocycles. The maximum atomic E-state index is 12.7. The van der Waals surface area contributed by atoms with Crippen LogP contribution in [-0.4, -0.2) is 40.1 Å². The second kappa shape index (κ2) is 6.65. The van der Waals surface area contributed by atoms with Gasteiger partial charge in [-0.1, -0.05) is 23.7 Å². The lowest BCUT2D eigenvalue weighted by molar-refractivity contribution is -0.135.